The number of allylic oxidation sites excluding steroid dienone is 1. The molecule has 0 radical (unpaired) electrons. The first kappa shape index (κ1) is 14.9. The highest BCUT2D eigenvalue weighted by Gasteiger charge is 2.24. The zero-order valence-electron chi connectivity index (χ0n) is 13.1. The lowest BCUT2D eigenvalue weighted by Gasteiger charge is -2.19. The molecule has 2 aromatic rings. The fourth-order valence-corrected chi connectivity index (χ4v) is 2.72. The summed E-state index contributed by atoms with van der Waals surface area (Å²) in [5.41, 5.74) is 4.54. The quantitative estimate of drug-likeness (QED) is 0.879. The van der Waals surface area contributed by atoms with Crippen molar-refractivity contribution < 1.29 is 9.52 Å². The number of aryl methyl sites for hydroxylation is 1. The summed E-state index contributed by atoms with van der Waals surface area (Å²) in [4.78, 5) is 0. The van der Waals surface area contributed by atoms with Gasteiger partial charge in [0.2, 0.25) is 0 Å². The molecule has 1 heterocycles. The van der Waals surface area contributed by atoms with E-state index in [0.29, 0.717) is 0 Å². The predicted octanol–water partition coefficient (Wildman–Crippen LogP) is 4.69. The van der Waals surface area contributed by atoms with Crippen LogP contribution in [0.1, 0.15) is 51.5 Å². The van der Waals surface area contributed by atoms with E-state index in [1.807, 2.05) is 19.1 Å². The van der Waals surface area contributed by atoms with Gasteiger partial charge >= 0.3 is 0 Å². The van der Waals surface area contributed by atoms with E-state index in [-0.39, 0.29) is 12.0 Å². The molecule has 1 aromatic carbocycles. The second kappa shape index (κ2) is 5.45. The molecule has 0 aliphatic heterocycles. The molecule has 0 atom stereocenters. The normalized spacial score (nSPS) is 13.2. The highest BCUT2D eigenvalue weighted by Crippen LogP contribution is 2.37. The molecule has 0 spiro atoms. The van der Waals surface area contributed by atoms with Crippen molar-refractivity contribution in [3.63, 3.8) is 0 Å². The van der Waals surface area contributed by atoms with Crippen molar-refractivity contribution >= 4 is 16.5 Å². The van der Waals surface area contributed by atoms with E-state index in [0.717, 1.165) is 28.9 Å². The smallest absolute Gasteiger partial charge is 0.134 e. The van der Waals surface area contributed by atoms with Crippen LogP contribution in [0.4, 0.5) is 0 Å². The van der Waals surface area contributed by atoms with Crippen molar-refractivity contribution in [3.8, 4) is 0 Å². The van der Waals surface area contributed by atoms with Gasteiger partial charge in [0.25, 0.3) is 0 Å². The molecule has 2 rings (SSSR count). The lowest BCUT2D eigenvalue weighted by Crippen LogP contribution is -2.12. The molecule has 2 heteroatoms. The van der Waals surface area contributed by atoms with Crippen LogP contribution in [0.25, 0.3) is 16.5 Å². The zero-order valence-corrected chi connectivity index (χ0v) is 13.1. The Bertz CT molecular complexity index is 639. The molecule has 1 N–H and O–H groups in total. The molecular formula is C18H24O2. The Hall–Kier alpha value is -1.54. The van der Waals surface area contributed by atoms with Crippen molar-refractivity contribution in [1.29, 1.82) is 0 Å². The standard InChI is InChI=1S/C18H24O2/c1-6-15-17(18(3,4)5)14-11-13(12(2)9-10-19)7-8-16(14)20-15/h7-9,11,19H,6,10H2,1-5H3/b12-9-. The molecular weight excluding hydrogens is 248 g/mol. The zero-order chi connectivity index (χ0) is 14.9. The van der Waals surface area contributed by atoms with Gasteiger partial charge in [-0.05, 0) is 35.6 Å². The highest BCUT2D eigenvalue weighted by atomic mass is 16.3. The van der Waals surface area contributed by atoms with Crippen LogP contribution in [0, 0.1) is 0 Å². The second-order valence-electron chi connectivity index (χ2n) is 6.28. The Balaban J connectivity index is 2.70. The van der Waals surface area contributed by atoms with Gasteiger partial charge in [0.15, 0.2) is 0 Å². The molecule has 0 amide bonds. The van der Waals surface area contributed by atoms with Gasteiger partial charge in [-0.15, -0.1) is 0 Å². The van der Waals surface area contributed by atoms with Crippen molar-refractivity contribution in [2.45, 2.75) is 46.5 Å². The minimum absolute atomic E-state index is 0.0593. The average molecular weight is 272 g/mol. The van der Waals surface area contributed by atoms with Gasteiger partial charge in [0, 0.05) is 17.4 Å². The number of fused-ring (bicyclic) bond motifs is 1. The van der Waals surface area contributed by atoms with Crippen LogP contribution in [0.3, 0.4) is 0 Å². The maximum absolute atomic E-state index is 9.04. The van der Waals surface area contributed by atoms with Gasteiger partial charge < -0.3 is 9.52 Å². The van der Waals surface area contributed by atoms with Crippen LogP contribution in [0.2, 0.25) is 0 Å². The summed E-state index contributed by atoms with van der Waals surface area (Å²) in [6, 6.07) is 6.27. The average Bonchev–Trinajstić information content (AvgIpc) is 2.76. The Labute approximate surface area is 121 Å². The highest BCUT2D eigenvalue weighted by molar-refractivity contribution is 5.87. The summed E-state index contributed by atoms with van der Waals surface area (Å²) in [6.45, 7) is 10.9. The number of benzene rings is 1. The van der Waals surface area contributed by atoms with E-state index in [2.05, 4.69) is 39.8 Å². The van der Waals surface area contributed by atoms with E-state index >= 15 is 0 Å². The molecule has 0 fully saturated rings. The van der Waals surface area contributed by atoms with Crippen LogP contribution >= 0.6 is 0 Å². The van der Waals surface area contributed by atoms with E-state index in [4.69, 9.17) is 9.52 Å². The van der Waals surface area contributed by atoms with E-state index in [1.165, 1.54) is 10.9 Å². The molecule has 20 heavy (non-hydrogen) atoms. The summed E-state index contributed by atoms with van der Waals surface area (Å²) in [5, 5.41) is 10.2. The molecule has 0 bridgehead atoms. The van der Waals surface area contributed by atoms with Crippen LogP contribution in [-0.4, -0.2) is 11.7 Å². The molecule has 0 saturated heterocycles. The van der Waals surface area contributed by atoms with E-state index < -0.39 is 0 Å². The summed E-state index contributed by atoms with van der Waals surface area (Å²) >= 11 is 0. The summed E-state index contributed by atoms with van der Waals surface area (Å²) in [5.74, 6) is 1.08. The number of aliphatic hydroxyl groups is 1. The molecule has 2 nitrogen and oxygen atoms in total. The first-order chi connectivity index (χ1) is 9.38. The SMILES string of the molecule is CCc1oc2ccc(/C(C)=C\CO)cc2c1C(C)(C)C. The minimum Gasteiger partial charge on any atom is -0.461 e. The topological polar surface area (TPSA) is 33.4 Å². The lowest BCUT2D eigenvalue weighted by atomic mass is 9.84. The Morgan fingerprint density at radius 3 is 2.55 bits per heavy atom. The van der Waals surface area contributed by atoms with Gasteiger partial charge in [-0.2, -0.15) is 0 Å². The Morgan fingerprint density at radius 2 is 2.00 bits per heavy atom. The largest absolute Gasteiger partial charge is 0.461 e. The number of hydrogen-bond acceptors (Lipinski definition) is 2. The Kier molecular flexibility index (Phi) is 4.05. The monoisotopic (exact) mass is 272 g/mol. The lowest BCUT2D eigenvalue weighted by molar-refractivity contribution is 0.343. The third-order valence-electron chi connectivity index (χ3n) is 3.68. The maximum Gasteiger partial charge on any atom is 0.134 e. The number of rotatable bonds is 3. The number of aliphatic hydroxyl groups excluding tert-OH is 1. The van der Waals surface area contributed by atoms with Crippen molar-refractivity contribution in [2.75, 3.05) is 6.61 Å². The molecule has 108 valence electrons. The molecule has 1 aromatic heterocycles. The first-order valence-electron chi connectivity index (χ1n) is 7.22. The maximum atomic E-state index is 9.04. The van der Waals surface area contributed by atoms with Crippen molar-refractivity contribution in [2.24, 2.45) is 0 Å². The second-order valence-corrected chi connectivity index (χ2v) is 6.28. The molecule has 0 aliphatic rings. The van der Waals surface area contributed by atoms with Crippen molar-refractivity contribution in [1.82, 2.24) is 0 Å². The van der Waals surface area contributed by atoms with Gasteiger partial charge in [-0.1, -0.05) is 39.8 Å². The van der Waals surface area contributed by atoms with Gasteiger partial charge in [-0.3, -0.25) is 0 Å². The van der Waals surface area contributed by atoms with E-state index in [1.54, 1.807) is 0 Å². The molecule has 0 saturated carbocycles. The third-order valence-corrected chi connectivity index (χ3v) is 3.68. The van der Waals surface area contributed by atoms with E-state index in [9.17, 15) is 0 Å². The van der Waals surface area contributed by atoms with Crippen LogP contribution in [0.5, 0.6) is 0 Å². The molecule has 0 aliphatic carbocycles. The van der Waals surface area contributed by atoms with Crippen LogP contribution in [0.15, 0.2) is 28.7 Å². The Morgan fingerprint density at radius 1 is 1.30 bits per heavy atom. The fourth-order valence-electron chi connectivity index (χ4n) is 2.72. The summed E-state index contributed by atoms with van der Waals surface area (Å²) < 4.78 is 6.00. The number of furan rings is 1. The third kappa shape index (κ3) is 2.66. The summed E-state index contributed by atoms with van der Waals surface area (Å²) in [6.07, 6.45) is 2.74. The van der Waals surface area contributed by atoms with Crippen molar-refractivity contribution in [3.05, 3.63) is 41.2 Å². The van der Waals surface area contributed by atoms with Gasteiger partial charge in [0.05, 0.1) is 6.61 Å². The number of hydrogen-bond donors (Lipinski definition) is 1. The van der Waals surface area contributed by atoms with Crippen LogP contribution in [-0.2, 0) is 11.8 Å². The van der Waals surface area contributed by atoms with Crippen LogP contribution < -0.4 is 0 Å². The first-order valence-corrected chi connectivity index (χ1v) is 7.22. The van der Waals surface area contributed by atoms with Gasteiger partial charge in [-0.25, -0.2) is 0 Å². The fraction of sp³-hybridized carbons (Fsp3) is 0.444. The van der Waals surface area contributed by atoms with Gasteiger partial charge in [0.1, 0.15) is 11.3 Å². The molecule has 0 unspecified atom stereocenters. The predicted molar refractivity (Wildman–Crippen MR) is 85.0 cm³/mol. The summed E-state index contributed by atoms with van der Waals surface area (Å²) in [7, 11) is 0. The minimum atomic E-state index is 0.0593.